The molecule has 0 aliphatic carbocycles. The van der Waals surface area contributed by atoms with Crippen molar-refractivity contribution < 1.29 is 9.53 Å². The van der Waals surface area contributed by atoms with Crippen molar-refractivity contribution in [2.75, 3.05) is 13.2 Å². The van der Waals surface area contributed by atoms with Gasteiger partial charge in [0.05, 0.1) is 0 Å². The highest BCUT2D eigenvalue weighted by molar-refractivity contribution is 5.87. The zero-order valence-corrected chi connectivity index (χ0v) is 17.4. The van der Waals surface area contributed by atoms with Crippen LogP contribution in [-0.2, 0) is 9.53 Å². The number of carbonyl (C=O) groups is 1. The first-order valence-electron chi connectivity index (χ1n) is 9.23. The summed E-state index contributed by atoms with van der Waals surface area (Å²) in [6, 6.07) is 19.2. The maximum atomic E-state index is 11.9. The lowest BCUT2D eigenvalue weighted by molar-refractivity contribution is -0.138. The van der Waals surface area contributed by atoms with Gasteiger partial charge in [0.2, 0.25) is 0 Å². The van der Waals surface area contributed by atoms with Gasteiger partial charge in [-0.25, -0.2) is 4.79 Å². The molecule has 27 heavy (non-hydrogen) atoms. The molecule has 0 aliphatic rings. The lowest BCUT2D eigenvalue weighted by Gasteiger charge is -2.29. The van der Waals surface area contributed by atoms with E-state index in [0.717, 1.165) is 17.7 Å². The Hall–Kier alpha value is -2.10. The van der Waals surface area contributed by atoms with Gasteiger partial charge in [-0.1, -0.05) is 54.6 Å². The fraction of sp³-hybridized carbons (Fsp3) is 0.348. The number of esters is 1. The Morgan fingerprint density at radius 2 is 1.48 bits per heavy atom. The molecule has 0 N–H and O–H groups in total. The van der Waals surface area contributed by atoms with Gasteiger partial charge in [0.25, 0.3) is 0 Å². The molecular weight excluding hydrogens is 358 g/mol. The quantitative estimate of drug-likeness (QED) is 0.445. The lowest BCUT2D eigenvalue weighted by atomic mass is 10.0. The highest BCUT2D eigenvalue weighted by Gasteiger charge is 2.13. The second-order valence-electron chi connectivity index (χ2n) is 6.91. The third-order valence-electron chi connectivity index (χ3n) is 4.35. The van der Waals surface area contributed by atoms with Crippen molar-refractivity contribution in [3.8, 4) is 11.1 Å². The van der Waals surface area contributed by atoms with Crippen molar-refractivity contribution in [1.82, 2.24) is 4.90 Å². The van der Waals surface area contributed by atoms with Gasteiger partial charge in [-0.3, -0.25) is 4.90 Å². The Morgan fingerprint density at radius 3 is 2.04 bits per heavy atom. The zero-order valence-electron chi connectivity index (χ0n) is 16.6. The summed E-state index contributed by atoms with van der Waals surface area (Å²) in [6.45, 7) is 9.77. The van der Waals surface area contributed by atoms with Gasteiger partial charge in [0, 0.05) is 24.7 Å². The largest absolute Gasteiger partial charge is 0.461 e. The predicted octanol–water partition coefficient (Wildman–Crippen LogP) is 5.45. The first kappa shape index (κ1) is 22.9. The van der Waals surface area contributed by atoms with Gasteiger partial charge in [-0.05, 0) is 50.5 Å². The van der Waals surface area contributed by atoms with Crippen LogP contribution in [0.4, 0.5) is 0 Å². The van der Waals surface area contributed by atoms with Crippen molar-refractivity contribution in [2.45, 2.75) is 39.8 Å². The van der Waals surface area contributed by atoms with Crippen LogP contribution in [-0.4, -0.2) is 36.1 Å². The minimum Gasteiger partial charge on any atom is -0.461 e. The van der Waals surface area contributed by atoms with Gasteiger partial charge in [0.15, 0.2) is 0 Å². The monoisotopic (exact) mass is 387 g/mol. The molecule has 2 aromatic rings. The summed E-state index contributed by atoms with van der Waals surface area (Å²) in [5.74, 6) is -0.301. The van der Waals surface area contributed by atoms with Crippen LogP contribution in [0.25, 0.3) is 17.2 Å². The van der Waals surface area contributed by atoms with Gasteiger partial charge in [0.1, 0.15) is 6.61 Å². The molecule has 3 nitrogen and oxygen atoms in total. The molecule has 2 rings (SSSR count). The van der Waals surface area contributed by atoms with Gasteiger partial charge in [-0.15, -0.1) is 12.4 Å². The van der Waals surface area contributed by atoms with E-state index in [1.54, 1.807) is 6.08 Å². The molecule has 146 valence electrons. The molecule has 0 saturated carbocycles. The number of nitrogens with zero attached hydrogens (tertiary/aromatic N) is 1. The summed E-state index contributed by atoms with van der Waals surface area (Å²) in [5.41, 5.74) is 3.32. The minimum atomic E-state index is -0.301. The van der Waals surface area contributed by atoms with E-state index in [2.05, 4.69) is 56.9 Å². The Labute approximate surface area is 169 Å². The molecule has 0 fully saturated rings. The Balaban J connectivity index is 0.00000364. The molecule has 0 amide bonds. The van der Waals surface area contributed by atoms with Crippen LogP contribution in [0.5, 0.6) is 0 Å². The number of rotatable bonds is 8. The number of hydrogen-bond donors (Lipinski definition) is 0. The molecular formula is C23H30ClNO2. The van der Waals surface area contributed by atoms with Gasteiger partial charge >= 0.3 is 5.97 Å². The number of benzene rings is 2. The summed E-state index contributed by atoms with van der Waals surface area (Å²) < 4.78 is 5.32. The van der Waals surface area contributed by atoms with Crippen LogP contribution in [0.15, 0.2) is 60.7 Å². The van der Waals surface area contributed by atoms with Crippen molar-refractivity contribution in [2.24, 2.45) is 0 Å². The summed E-state index contributed by atoms with van der Waals surface area (Å²) in [5, 5.41) is 0. The van der Waals surface area contributed by atoms with Crippen LogP contribution in [0.1, 0.15) is 33.3 Å². The minimum absolute atomic E-state index is 0. The van der Waals surface area contributed by atoms with Crippen molar-refractivity contribution in [3.63, 3.8) is 0 Å². The maximum Gasteiger partial charge on any atom is 0.330 e. The Morgan fingerprint density at radius 1 is 0.926 bits per heavy atom. The molecule has 0 aromatic heterocycles. The molecule has 0 radical (unpaired) electrons. The summed E-state index contributed by atoms with van der Waals surface area (Å²) in [6.07, 6.45) is 3.28. The second-order valence-corrected chi connectivity index (χ2v) is 6.91. The van der Waals surface area contributed by atoms with Crippen LogP contribution in [0.2, 0.25) is 0 Å². The van der Waals surface area contributed by atoms with E-state index in [9.17, 15) is 4.79 Å². The maximum absolute atomic E-state index is 11.9. The molecule has 0 unspecified atom stereocenters. The fourth-order valence-corrected chi connectivity index (χ4v) is 2.99. The topological polar surface area (TPSA) is 29.5 Å². The van der Waals surface area contributed by atoms with E-state index in [4.69, 9.17) is 4.74 Å². The van der Waals surface area contributed by atoms with Crippen molar-refractivity contribution in [1.29, 1.82) is 0 Å². The molecule has 4 heteroatoms. The van der Waals surface area contributed by atoms with Crippen molar-refractivity contribution >= 4 is 24.5 Å². The first-order chi connectivity index (χ1) is 12.5. The number of hydrogen-bond acceptors (Lipinski definition) is 3. The summed E-state index contributed by atoms with van der Waals surface area (Å²) in [7, 11) is 0. The average Bonchev–Trinajstić information content (AvgIpc) is 2.64. The summed E-state index contributed by atoms with van der Waals surface area (Å²) in [4.78, 5) is 14.2. The summed E-state index contributed by atoms with van der Waals surface area (Å²) >= 11 is 0. The van der Waals surface area contributed by atoms with Crippen LogP contribution >= 0.6 is 12.4 Å². The van der Waals surface area contributed by atoms with Gasteiger partial charge < -0.3 is 4.74 Å². The van der Waals surface area contributed by atoms with E-state index in [1.165, 1.54) is 11.6 Å². The Bertz CT molecular complexity index is 701. The second kappa shape index (κ2) is 11.6. The lowest BCUT2D eigenvalue weighted by Crippen LogP contribution is -2.39. The van der Waals surface area contributed by atoms with Crippen LogP contribution in [0, 0.1) is 0 Å². The van der Waals surface area contributed by atoms with Gasteiger partial charge in [-0.2, -0.15) is 0 Å². The van der Waals surface area contributed by atoms with E-state index in [0.29, 0.717) is 18.7 Å². The molecule has 0 bridgehead atoms. The van der Waals surface area contributed by atoms with E-state index in [1.807, 2.05) is 30.3 Å². The predicted molar refractivity (Wildman–Crippen MR) is 116 cm³/mol. The van der Waals surface area contributed by atoms with E-state index < -0.39 is 0 Å². The van der Waals surface area contributed by atoms with Crippen LogP contribution < -0.4 is 0 Å². The molecule has 0 aliphatic heterocycles. The van der Waals surface area contributed by atoms with E-state index >= 15 is 0 Å². The van der Waals surface area contributed by atoms with E-state index in [-0.39, 0.29) is 18.4 Å². The fourth-order valence-electron chi connectivity index (χ4n) is 2.99. The smallest absolute Gasteiger partial charge is 0.330 e. The molecule has 0 atom stereocenters. The number of halogens is 1. The third kappa shape index (κ3) is 7.58. The molecule has 0 spiro atoms. The van der Waals surface area contributed by atoms with Crippen LogP contribution in [0.3, 0.4) is 0 Å². The zero-order chi connectivity index (χ0) is 18.9. The standard InChI is InChI=1S/C23H29NO2.ClH/c1-18(2)24(19(3)4)16-17-26-23(25)15-12-20-10-13-22(14-11-20)21-8-6-5-7-9-21;/h5-15,18-19H,16-17H2,1-4H3;1H/b15-12-;. The molecule has 2 aromatic carbocycles. The third-order valence-corrected chi connectivity index (χ3v) is 4.35. The first-order valence-corrected chi connectivity index (χ1v) is 9.23. The number of carbonyl (C=O) groups excluding carboxylic acids is 1. The molecule has 0 heterocycles. The highest BCUT2D eigenvalue weighted by atomic mass is 35.5. The normalized spacial score (nSPS) is 11.2. The average molecular weight is 388 g/mol. The highest BCUT2D eigenvalue weighted by Crippen LogP contribution is 2.19. The molecule has 0 saturated heterocycles. The van der Waals surface area contributed by atoms with Crippen molar-refractivity contribution in [3.05, 3.63) is 66.2 Å². The Kier molecular flexibility index (Phi) is 9.84. The number of ether oxygens (including phenoxy) is 1. The SMILES string of the molecule is CC(C)N(CCOC(=O)/C=C\c1ccc(-c2ccccc2)cc1)C(C)C.Cl.